The van der Waals surface area contributed by atoms with Gasteiger partial charge in [0.15, 0.2) is 0 Å². The third kappa shape index (κ3) is 2.83. The molecule has 0 aromatic heterocycles. The number of hydrogen-bond acceptors (Lipinski definition) is 2. The van der Waals surface area contributed by atoms with Gasteiger partial charge in [0.05, 0.1) is 0 Å². The summed E-state index contributed by atoms with van der Waals surface area (Å²) in [6.45, 7) is 6.42. The fraction of sp³-hybridized carbons (Fsp3) is 0.571. The van der Waals surface area contributed by atoms with Crippen molar-refractivity contribution >= 4 is 0 Å². The average molecular weight is 218 g/mol. The molecule has 0 radical (unpaired) electrons. The maximum Gasteiger partial charge on any atom is 0.0208 e. The Hall–Kier alpha value is -0.860. The zero-order valence-electron chi connectivity index (χ0n) is 10.3. The molecule has 0 unspecified atom stereocenters. The Kier molecular flexibility index (Phi) is 3.62. The van der Waals surface area contributed by atoms with Crippen LogP contribution in [0.4, 0.5) is 0 Å². The second-order valence-electron chi connectivity index (χ2n) is 5.16. The first-order valence-electron chi connectivity index (χ1n) is 6.17. The van der Waals surface area contributed by atoms with Gasteiger partial charge in [0.2, 0.25) is 0 Å². The van der Waals surface area contributed by atoms with E-state index in [1.165, 1.54) is 29.5 Å². The summed E-state index contributed by atoms with van der Waals surface area (Å²) in [5, 5.41) is 3.53. The minimum atomic E-state index is 0.466. The third-order valence-corrected chi connectivity index (χ3v) is 3.52. The van der Waals surface area contributed by atoms with E-state index in [9.17, 15) is 0 Å². The highest BCUT2D eigenvalue weighted by atomic mass is 14.9. The van der Waals surface area contributed by atoms with Gasteiger partial charge in [-0.15, -0.1) is 0 Å². The van der Waals surface area contributed by atoms with E-state index >= 15 is 0 Å². The molecule has 1 saturated carbocycles. The molecule has 0 bridgehead atoms. The van der Waals surface area contributed by atoms with Crippen LogP contribution in [0, 0.1) is 19.8 Å². The Labute approximate surface area is 98.2 Å². The average Bonchev–Trinajstić information content (AvgIpc) is 2.18. The van der Waals surface area contributed by atoms with Crippen LogP contribution in [0.15, 0.2) is 18.2 Å². The van der Waals surface area contributed by atoms with Gasteiger partial charge in [-0.25, -0.2) is 0 Å². The minimum absolute atomic E-state index is 0.466. The molecule has 0 spiro atoms. The van der Waals surface area contributed by atoms with Crippen LogP contribution >= 0.6 is 0 Å². The standard InChI is InChI=1S/C14H22N2/c1-10-3-4-13(11(2)5-10)9-16-8-12-6-14(15)7-12/h3-5,12,14,16H,6-9,15H2,1-2H3. The van der Waals surface area contributed by atoms with Gasteiger partial charge >= 0.3 is 0 Å². The van der Waals surface area contributed by atoms with E-state index in [2.05, 4.69) is 37.4 Å². The summed E-state index contributed by atoms with van der Waals surface area (Å²) in [7, 11) is 0. The lowest BCUT2D eigenvalue weighted by atomic mass is 9.81. The summed E-state index contributed by atoms with van der Waals surface area (Å²) < 4.78 is 0. The summed E-state index contributed by atoms with van der Waals surface area (Å²) in [5.41, 5.74) is 9.90. The number of rotatable bonds is 4. The van der Waals surface area contributed by atoms with Crippen LogP contribution in [-0.2, 0) is 6.54 Å². The zero-order chi connectivity index (χ0) is 11.5. The highest BCUT2D eigenvalue weighted by Gasteiger charge is 2.24. The van der Waals surface area contributed by atoms with Gasteiger partial charge in [-0.05, 0) is 50.3 Å². The summed E-state index contributed by atoms with van der Waals surface area (Å²) in [5.74, 6) is 0.806. The maximum atomic E-state index is 5.76. The molecule has 0 heterocycles. The molecular formula is C14H22N2. The molecule has 0 saturated heterocycles. The van der Waals surface area contributed by atoms with Crippen molar-refractivity contribution in [1.29, 1.82) is 0 Å². The highest BCUT2D eigenvalue weighted by Crippen LogP contribution is 2.24. The number of nitrogens with two attached hydrogens (primary N) is 1. The first-order chi connectivity index (χ1) is 7.65. The molecule has 3 N–H and O–H groups in total. The number of aryl methyl sites for hydroxylation is 2. The van der Waals surface area contributed by atoms with Crippen molar-refractivity contribution in [2.24, 2.45) is 11.7 Å². The van der Waals surface area contributed by atoms with Crippen molar-refractivity contribution in [1.82, 2.24) is 5.32 Å². The van der Waals surface area contributed by atoms with Gasteiger partial charge in [-0.2, -0.15) is 0 Å². The van der Waals surface area contributed by atoms with Crippen LogP contribution in [0.5, 0.6) is 0 Å². The molecule has 88 valence electrons. The van der Waals surface area contributed by atoms with Crippen LogP contribution in [0.2, 0.25) is 0 Å². The van der Waals surface area contributed by atoms with Gasteiger partial charge in [0.1, 0.15) is 0 Å². The largest absolute Gasteiger partial charge is 0.328 e. The molecule has 0 atom stereocenters. The Bertz CT molecular complexity index is 354. The monoisotopic (exact) mass is 218 g/mol. The predicted molar refractivity (Wildman–Crippen MR) is 68.3 cm³/mol. The van der Waals surface area contributed by atoms with Crippen LogP contribution < -0.4 is 11.1 Å². The third-order valence-electron chi connectivity index (χ3n) is 3.52. The molecule has 1 aliphatic rings. The van der Waals surface area contributed by atoms with Crippen molar-refractivity contribution < 1.29 is 0 Å². The highest BCUT2D eigenvalue weighted by molar-refractivity contribution is 5.30. The summed E-state index contributed by atoms with van der Waals surface area (Å²) in [6.07, 6.45) is 2.39. The molecule has 0 amide bonds. The first kappa shape index (κ1) is 11.6. The van der Waals surface area contributed by atoms with E-state index in [1.54, 1.807) is 0 Å². The van der Waals surface area contributed by atoms with E-state index in [1.807, 2.05) is 0 Å². The normalized spacial score (nSPS) is 24.2. The second kappa shape index (κ2) is 4.98. The van der Waals surface area contributed by atoms with Crippen LogP contribution in [0.1, 0.15) is 29.5 Å². The molecule has 16 heavy (non-hydrogen) atoms. The molecular weight excluding hydrogens is 196 g/mol. The van der Waals surface area contributed by atoms with Crippen molar-refractivity contribution in [3.8, 4) is 0 Å². The van der Waals surface area contributed by atoms with E-state index in [4.69, 9.17) is 5.73 Å². The SMILES string of the molecule is Cc1ccc(CNCC2CC(N)C2)c(C)c1. The first-order valence-corrected chi connectivity index (χ1v) is 6.17. The van der Waals surface area contributed by atoms with Gasteiger partial charge in [-0.1, -0.05) is 23.8 Å². The molecule has 1 aliphatic carbocycles. The topological polar surface area (TPSA) is 38.0 Å². The Balaban J connectivity index is 1.76. The predicted octanol–water partition coefficient (Wildman–Crippen LogP) is 2.13. The summed E-state index contributed by atoms with van der Waals surface area (Å²) in [6, 6.07) is 7.12. The number of benzene rings is 1. The fourth-order valence-electron chi connectivity index (χ4n) is 2.41. The summed E-state index contributed by atoms with van der Waals surface area (Å²) in [4.78, 5) is 0. The van der Waals surface area contributed by atoms with E-state index < -0.39 is 0 Å². The zero-order valence-corrected chi connectivity index (χ0v) is 10.3. The smallest absolute Gasteiger partial charge is 0.0208 e. The minimum Gasteiger partial charge on any atom is -0.328 e. The van der Waals surface area contributed by atoms with Gasteiger partial charge < -0.3 is 11.1 Å². The quantitative estimate of drug-likeness (QED) is 0.812. The molecule has 0 aliphatic heterocycles. The molecule has 1 aromatic rings. The van der Waals surface area contributed by atoms with Crippen molar-refractivity contribution in [2.75, 3.05) is 6.54 Å². The van der Waals surface area contributed by atoms with Crippen molar-refractivity contribution in [2.45, 2.75) is 39.3 Å². The Morgan fingerprint density at radius 2 is 2.06 bits per heavy atom. The lowest BCUT2D eigenvalue weighted by molar-refractivity contribution is 0.256. The Morgan fingerprint density at radius 1 is 1.31 bits per heavy atom. The fourth-order valence-corrected chi connectivity index (χ4v) is 2.41. The van der Waals surface area contributed by atoms with Gasteiger partial charge in [0.25, 0.3) is 0 Å². The molecule has 2 nitrogen and oxygen atoms in total. The molecule has 2 rings (SSSR count). The van der Waals surface area contributed by atoms with Crippen LogP contribution in [0.3, 0.4) is 0 Å². The lowest BCUT2D eigenvalue weighted by Gasteiger charge is -2.32. The van der Waals surface area contributed by atoms with Crippen molar-refractivity contribution in [3.63, 3.8) is 0 Å². The van der Waals surface area contributed by atoms with E-state index in [0.717, 1.165) is 19.0 Å². The van der Waals surface area contributed by atoms with Gasteiger partial charge in [0, 0.05) is 12.6 Å². The Morgan fingerprint density at radius 3 is 2.69 bits per heavy atom. The van der Waals surface area contributed by atoms with Crippen LogP contribution in [0.25, 0.3) is 0 Å². The molecule has 1 fully saturated rings. The van der Waals surface area contributed by atoms with Gasteiger partial charge in [-0.3, -0.25) is 0 Å². The van der Waals surface area contributed by atoms with Crippen LogP contribution in [-0.4, -0.2) is 12.6 Å². The van der Waals surface area contributed by atoms with E-state index in [-0.39, 0.29) is 0 Å². The van der Waals surface area contributed by atoms with Crippen molar-refractivity contribution in [3.05, 3.63) is 34.9 Å². The molecule has 2 heteroatoms. The van der Waals surface area contributed by atoms with E-state index in [0.29, 0.717) is 6.04 Å². The molecule has 1 aromatic carbocycles. The second-order valence-corrected chi connectivity index (χ2v) is 5.16. The number of hydrogen-bond donors (Lipinski definition) is 2. The maximum absolute atomic E-state index is 5.76. The number of nitrogens with one attached hydrogen (secondary N) is 1. The lowest BCUT2D eigenvalue weighted by Crippen LogP contribution is -2.41. The summed E-state index contributed by atoms with van der Waals surface area (Å²) >= 11 is 0.